The molecule has 2 aliphatic carbocycles. The Morgan fingerprint density at radius 2 is 2.00 bits per heavy atom. The second-order valence-corrected chi connectivity index (χ2v) is 12.5. The van der Waals surface area contributed by atoms with Gasteiger partial charge in [-0.1, -0.05) is 45.6 Å². The van der Waals surface area contributed by atoms with E-state index in [1.165, 1.54) is 24.0 Å². The van der Waals surface area contributed by atoms with Crippen molar-refractivity contribution in [1.29, 1.82) is 0 Å². The highest BCUT2D eigenvalue weighted by Gasteiger charge is 2.41. The molecule has 0 radical (unpaired) electrons. The van der Waals surface area contributed by atoms with Crippen molar-refractivity contribution in [2.45, 2.75) is 70.7 Å². The first-order valence-electron chi connectivity index (χ1n) is 7.95. The summed E-state index contributed by atoms with van der Waals surface area (Å²) >= 11 is 0. The Morgan fingerprint density at radius 1 is 1.30 bits per heavy atom. The Hall–Kier alpha value is -0.603. The van der Waals surface area contributed by atoms with Crippen molar-refractivity contribution in [1.82, 2.24) is 0 Å². The van der Waals surface area contributed by atoms with Gasteiger partial charge in [0.1, 0.15) is 0 Å². The summed E-state index contributed by atoms with van der Waals surface area (Å²) < 4.78 is 6.76. The number of hydrogen-bond acceptors (Lipinski definition) is 1. The Labute approximate surface area is 125 Å². The van der Waals surface area contributed by atoms with Gasteiger partial charge < -0.3 is 4.43 Å². The van der Waals surface area contributed by atoms with Crippen LogP contribution in [0.1, 0.15) is 46.5 Å². The van der Waals surface area contributed by atoms with Crippen molar-refractivity contribution in [2.24, 2.45) is 5.92 Å². The van der Waals surface area contributed by atoms with Crippen LogP contribution in [0.3, 0.4) is 0 Å². The summed E-state index contributed by atoms with van der Waals surface area (Å²) in [6.07, 6.45) is 11.9. The van der Waals surface area contributed by atoms with Crippen LogP contribution in [0, 0.1) is 5.92 Å². The molecule has 2 heteroatoms. The lowest BCUT2D eigenvalue weighted by Gasteiger charge is -2.41. The van der Waals surface area contributed by atoms with Crippen molar-refractivity contribution in [2.75, 3.05) is 0 Å². The standard InChI is InChI=1S/C18H30OSi/c1-7-14-11-12-17(16-10-8-9-15(16)13-14)19-20(5,6)18(2,3)4/h7,9,13,16-17H,1,8,10-12H2,2-6H3/t16-,17+/m1/s1. The molecule has 0 aromatic rings. The van der Waals surface area contributed by atoms with Gasteiger partial charge in [-0.2, -0.15) is 0 Å². The zero-order chi connectivity index (χ0) is 15.0. The average Bonchev–Trinajstić information content (AvgIpc) is 2.73. The minimum atomic E-state index is -1.68. The summed E-state index contributed by atoms with van der Waals surface area (Å²) in [5.74, 6) is 0.613. The predicted octanol–water partition coefficient (Wildman–Crippen LogP) is 5.62. The fraction of sp³-hybridized carbons (Fsp3) is 0.667. The molecule has 2 rings (SSSR count). The van der Waals surface area contributed by atoms with E-state index in [9.17, 15) is 0 Å². The van der Waals surface area contributed by atoms with Crippen molar-refractivity contribution in [3.8, 4) is 0 Å². The molecule has 2 aliphatic rings. The van der Waals surface area contributed by atoms with E-state index in [1.807, 2.05) is 6.08 Å². The molecule has 0 heterocycles. The molecule has 0 saturated heterocycles. The molecule has 0 saturated carbocycles. The van der Waals surface area contributed by atoms with Gasteiger partial charge in [-0.25, -0.2) is 0 Å². The second kappa shape index (κ2) is 5.65. The zero-order valence-electron chi connectivity index (χ0n) is 13.8. The van der Waals surface area contributed by atoms with E-state index >= 15 is 0 Å². The number of hydrogen-bond donors (Lipinski definition) is 0. The fourth-order valence-corrected chi connectivity index (χ4v) is 4.36. The van der Waals surface area contributed by atoms with E-state index in [2.05, 4.69) is 52.6 Å². The molecule has 0 aromatic heterocycles. The molecule has 0 spiro atoms. The maximum atomic E-state index is 6.76. The van der Waals surface area contributed by atoms with Crippen molar-refractivity contribution >= 4 is 8.32 Å². The Balaban J connectivity index is 2.18. The normalized spacial score (nSPS) is 27.4. The summed E-state index contributed by atoms with van der Waals surface area (Å²) in [7, 11) is -1.68. The number of rotatable bonds is 3. The van der Waals surface area contributed by atoms with Crippen LogP contribution in [0.2, 0.25) is 18.1 Å². The van der Waals surface area contributed by atoms with E-state index in [-0.39, 0.29) is 5.04 Å². The minimum absolute atomic E-state index is 0.288. The topological polar surface area (TPSA) is 9.23 Å². The Bertz CT molecular complexity index is 437. The van der Waals surface area contributed by atoms with E-state index in [4.69, 9.17) is 4.43 Å². The van der Waals surface area contributed by atoms with Gasteiger partial charge in [0.15, 0.2) is 8.32 Å². The number of allylic oxidation sites excluding steroid dienone is 4. The molecular weight excluding hydrogens is 260 g/mol. The highest BCUT2D eigenvalue weighted by Crippen LogP contribution is 2.43. The van der Waals surface area contributed by atoms with Crippen molar-refractivity contribution < 1.29 is 4.43 Å². The van der Waals surface area contributed by atoms with Crippen LogP contribution in [0.15, 0.2) is 36.0 Å². The van der Waals surface area contributed by atoms with Crippen molar-refractivity contribution in [3.05, 3.63) is 36.0 Å². The molecule has 0 unspecified atom stereocenters. The van der Waals surface area contributed by atoms with Crippen LogP contribution in [0.25, 0.3) is 0 Å². The summed E-state index contributed by atoms with van der Waals surface area (Å²) in [5, 5.41) is 0.288. The van der Waals surface area contributed by atoms with E-state index in [0.29, 0.717) is 12.0 Å². The summed E-state index contributed by atoms with van der Waals surface area (Å²) in [6.45, 7) is 15.7. The van der Waals surface area contributed by atoms with Gasteiger partial charge >= 0.3 is 0 Å². The van der Waals surface area contributed by atoms with Crippen LogP contribution in [0.4, 0.5) is 0 Å². The third kappa shape index (κ3) is 3.17. The zero-order valence-corrected chi connectivity index (χ0v) is 14.8. The lowest BCUT2D eigenvalue weighted by Crippen LogP contribution is -2.45. The summed E-state index contributed by atoms with van der Waals surface area (Å²) in [6, 6.07) is 0. The number of fused-ring (bicyclic) bond motifs is 1. The third-order valence-corrected chi connectivity index (χ3v) is 9.82. The first-order valence-corrected chi connectivity index (χ1v) is 10.9. The quantitative estimate of drug-likeness (QED) is 0.613. The van der Waals surface area contributed by atoms with Gasteiger partial charge in [-0.05, 0) is 55.0 Å². The predicted molar refractivity (Wildman–Crippen MR) is 90.4 cm³/mol. The summed E-state index contributed by atoms with van der Waals surface area (Å²) in [4.78, 5) is 0. The van der Waals surface area contributed by atoms with Gasteiger partial charge in [-0.3, -0.25) is 0 Å². The maximum Gasteiger partial charge on any atom is 0.192 e. The van der Waals surface area contributed by atoms with Crippen LogP contribution in [-0.2, 0) is 4.43 Å². The van der Waals surface area contributed by atoms with Crippen LogP contribution >= 0.6 is 0 Å². The molecule has 112 valence electrons. The molecule has 0 bridgehead atoms. The van der Waals surface area contributed by atoms with E-state index < -0.39 is 8.32 Å². The van der Waals surface area contributed by atoms with Crippen LogP contribution < -0.4 is 0 Å². The first kappa shape index (κ1) is 15.8. The van der Waals surface area contributed by atoms with Gasteiger partial charge in [-0.15, -0.1) is 0 Å². The highest BCUT2D eigenvalue weighted by molar-refractivity contribution is 6.74. The molecule has 2 atom stereocenters. The lowest BCUT2D eigenvalue weighted by atomic mass is 9.94. The Kier molecular flexibility index (Phi) is 4.46. The average molecular weight is 291 g/mol. The van der Waals surface area contributed by atoms with E-state index in [0.717, 1.165) is 12.8 Å². The molecule has 20 heavy (non-hydrogen) atoms. The maximum absolute atomic E-state index is 6.76. The SMILES string of the molecule is C=CC1=CC2=CCC[C@H]2[C@@H](O[Si](C)(C)C(C)(C)C)CC1. The lowest BCUT2D eigenvalue weighted by molar-refractivity contribution is 0.128. The molecule has 0 fully saturated rings. The smallest absolute Gasteiger partial charge is 0.192 e. The molecule has 1 nitrogen and oxygen atoms in total. The first-order chi connectivity index (χ1) is 9.24. The molecular formula is C18H30OSi. The highest BCUT2D eigenvalue weighted by atomic mass is 28.4. The van der Waals surface area contributed by atoms with E-state index in [1.54, 1.807) is 0 Å². The van der Waals surface area contributed by atoms with Gasteiger partial charge in [0.2, 0.25) is 0 Å². The van der Waals surface area contributed by atoms with Crippen LogP contribution in [-0.4, -0.2) is 14.4 Å². The molecule has 0 aliphatic heterocycles. The second-order valence-electron chi connectivity index (χ2n) is 7.77. The third-order valence-electron chi connectivity index (χ3n) is 5.32. The van der Waals surface area contributed by atoms with Gasteiger partial charge in [0.25, 0.3) is 0 Å². The van der Waals surface area contributed by atoms with Crippen LogP contribution in [0.5, 0.6) is 0 Å². The van der Waals surface area contributed by atoms with Gasteiger partial charge in [0, 0.05) is 5.92 Å². The summed E-state index contributed by atoms with van der Waals surface area (Å²) in [5.41, 5.74) is 2.88. The van der Waals surface area contributed by atoms with Crippen molar-refractivity contribution in [3.63, 3.8) is 0 Å². The molecule has 0 aromatic carbocycles. The van der Waals surface area contributed by atoms with Gasteiger partial charge in [0.05, 0.1) is 6.10 Å². The Morgan fingerprint density at radius 3 is 2.60 bits per heavy atom. The minimum Gasteiger partial charge on any atom is -0.413 e. The largest absolute Gasteiger partial charge is 0.413 e. The molecule has 0 amide bonds. The molecule has 0 N–H and O–H groups in total. The monoisotopic (exact) mass is 290 g/mol. The fourth-order valence-electron chi connectivity index (χ4n) is 2.97.